The van der Waals surface area contributed by atoms with Gasteiger partial charge in [0.15, 0.2) is 0 Å². The fourth-order valence-electron chi connectivity index (χ4n) is 4.13. The van der Waals surface area contributed by atoms with Gasteiger partial charge in [0, 0.05) is 10.7 Å². The minimum absolute atomic E-state index is 0.670. The van der Waals surface area contributed by atoms with Crippen molar-refractivity contribution in [3.63, 3.8) is 0 Å². The topological polar surface area (TPSA) is 0 Å². The van der Waals surface area contributed by atoms with Crippen LogP contribution < -0.4 is 0 Å². The van der Waals surface area contributed by atoms with Crippen LogP contribution in [-0.2, 0) is 0 Å². The van der Waals surface area contributed by atoms with Crippen molar-refractivity contribution in [1.82, 2.24) is 0 Å². The Balaban J connectivity index is 2.54. The molecule has 0 radical (unpaired) electrons. The standard InChI is InChI=1S/C22H32Si2/c1-7-24(8-2,9-3)22(23(4,5)6)18-17-20-15-12-14-19-13-10-11-16-21(19)20/h10-16,22H,7-9H2,1-6H3. The number of rotatable bonds is 5. The maximum Gasteiger partial charge on any atom is 0.0662 e. The molecule has 0 heterocycles. The van der Waals surface area contributed by atoms with Crippen LogP contribution in [0.1, 0.15) is 26.3 Å². The lowest BCUT2D eigenvalue weighted by molar-refractivity contribution is 1.11. The molecule has 24 heavy (non-hydrogen) atoms. The third-order valence-electron chi connectivity index (χ3n) is 5.73. The number of hydrogen-bond acceptors (Lipinski definition) is 0. The van der Waals surface area contributed by atoms with E-state index in [1.807, 2.05) is 0 Å². The van der Waals surface area contributed by atoms with E-state index in [-0.39, 0.29) is 0 Å². The van der Waals surface area contributed by atoms with E-state index in [9.17, 15) is 0 Å². The summed E-state index contributed by atoms with van der Waals surface area (Å²) in [5, 5.41) is 3.25. The zero-order chi connectivity index (χ0) is 17.8. The minimum atomic E-state index is -1.32. The molecule has 0 nitrogen and oxygen atoms in total. The molecule has 0 bridgehead atoms. The summed E-state index contributed by atoms with van der Waals surface area (Å²) >= 11 is 0. The zero-order valence-corrected chi connectivity index (χ0v) is 18.2. The molecule has 1 atom stereocenters. The van der Waals surface area contributed by atoms with Crippen LogP contribution in [0.4, 0.5) is 0 Å². The van der Waals surface area contributed by atoms with Gasteiger partial charge in [0.1, 0.15) is 0 Å². The first-order chi connectivity index (χ1) is 11.4. The van der Waals surface area contributed by atoms with Crippen LogP contribution in [0.3, 0.4) is 0 Å². The van der Waals surface area contributed by atoms with Crippen molar-refractivity contribution < 1.29 is 0 Å². The van der Waals surface area contributed by atoms with Gasteiger partial charge in [-0.15, -0.1) is 5.92 Å². The van der Waals surface area contributed by atoms with Crippen LogP contribution in [0.15, 0.2) is 42.5 Å². The second-order valence-electron chi connectivity index (χ2n) is 8.02. The molecule has 128 valence electrons. The molecule has 0 saturated carbocycles. The lowest BCUT2D eigenvalue weighted by Crippen LogP contribution is -2.48. The Morgan fingerprint density at radius 3 is 2.00 bits per heavy atom. The lowest BCUT2D eigenvalue weighted by Gasteiger charge is -2.41. The maximum atomic E-state index is 3.84. The Labute approximate surface area is 150 Å². The largest absolute Gasteiger partial charge is 0.101 e. The monoisotopic (exact) mass is 352 g/mol. The van der Waals surface area contributed by atoms with Gasteiger partial charge in [-0.2, -0.15) is 0 Å². The molecule has 0 N–H and O–H groups in total. The summed E-state index contributed by atoms with van der Waals surface area (Å²) in [7, 11) is -2.63. The van der Waals surface area contributed by atoms with Gasteiger partial charge in [-0.25, -0.2) is 0 Å². The maximum absolute atomic E-state index is 3.84. The average Bonchev–Trinajstić information content (AvgIpc) is 2.58. The van der Waals surface area contributed by atoms with Gasteiger partial charge in [0.2, 0.25) is 0 Å². The Hall–Kier alpha value is -1.31. The quantitative estimate of drug-likeness (QED) is 0.403. The van der Waals surface area contributed by atoms with E-state index in [2.05, 4.69) is 94.7 Å². The molecule has 0 aliphatic rings. The van der Waals surface area contributed by atoms with Crippen molar-refractivity contribution in [2.45, 2.75) is 63.7 Å². The fourth-order valence-corrected chi connectivity index (χ4v) is 16.9. The van der Waals surface area contributed by atoms with E-state index in [0.29, 0.717) is 5.16 Å². The van der Waals surface area contributed by atoms with E-state index < -0.39 is 16.1 Å². The first-order valence-electron chi connectivity index (χ1n) is 9.37. The number of benzene rings is 2. The highest BCUT2D eigenvalue weighted by molar-refractivity contribution is 6.98. The summed E-state index contributed by atoms with van der Waals surface area (Å²) in [6, 6.07) is 19.2. The Bertz CT molecular complexity index is 726. The predicted molar refractivity (Wildman–Crippen MR) is 115 cm³/mol. The van der Waals surface area contributed by atoms with Gasteiger partial charge in [-0.05, 0) is 16.8 Å². The molecule has 2 aromatic rings. The van der Waals surface area contributed by atoms with Crippen LogP contribution in [0.2, 0.25) is 42.9 Å². The second kappa shape index (κ2) is 7.72. The first-order valence-corrected chi connectivity index (χ1v) is 15.6. The van der Waals surface area contributed by atoms with Gasteiger partial charge in [-0.1, -0.05) is 101 Å². The highest BCUT2D eigenvalue weighted by Crippen LogP contribution is 2.39. The van der Waals surface area contributed by atoms with E-state index >= 15 is 0 Å². The fraction of sp³-hybridized carbons (Fsp3) is 0.455. The van der Waals surface area contributed by atoms with E-state index in [4.69, 9.17) is 0 Å². The molecule has 2 rings (SSSR count). The molecule has 1 unspecified atom stereocenters. The minimum Gasteiger partial charge on any atom is -0.101 e. The van der Waals surface area contributed by atoms with Crippen LogP contribution in [0.25, 0.3) is 10.8 Å². The Morgan fingerprint density at radius 1 is 0.833 bits per heavy atom. The normalized spacial score (nSPS) is 13.4. The summed E-state index contributed by atoms with van der Waals surface area (Å²) in [4.78, 5) is 0. The second-order valence-corrected chi connectivity index (χ2v) is 19.3. The van der Waals surface area contributed by atoms with Gasteiger partial charge in [-0.3, -0.25) is 0 Å². The summed E-state index contributed by atoms with van der Waals surface area (Å²) in [5.41, 5.74) is 1.20. The average molecular weight is 353 g/mol. The SMILES string of the molecule is CC[Si](CC)(CC)C(C#Cc1cccc2ccccc12)[Si](C)(C)C. The van der Waals surface area contributed by atoms with Gasteiger partial charge in [0.25, 0.3) is 0 Å². The molecule has 0 spiro atoms. The number of fused-ring (bicyclic) bond motifs is 1. The highest BCUT2D eigenvalue weighted by atomic mass is 28.4. The van der Waals surface area contributed by atoms with Crippen LogP contribution in [0, 0.1) is 11.8 Å². The molecule has 2 heteroatoms. The van der Waals surface area contributed by atoms with Crippen molar-refractivity contribution in [1.29, 1.82) is 0 Å². The molecular weight excluding hydrogens is 320 g/mol. The molecule has 0 aliphatic heterocycles. The molecule has 0 aliphatic carbocycles. The summed E-state index contributed by atoms with van der Waals surface area (Å²) in [5.74, 6) is 7.46. The van der Waals surface area contributed by atoms with Gasteiger partial charge < -0.3 is 0 Å². The zero-order valence-electron chi connectivity index (χ0n) is 16.2. The molecule has 2 aromatic carbocycles. The number of hydrogen-bond donors (Lipinski definition) is 0. The molecule has 0 saturated heterocycles. The third kappa shape index (κ3) is 3.84. The molecule has 0 amide bonds. The smallest absolute Gasteiger partial charge is 0.0662 e. The highest BCUT2D eigenvalue weighted by Gasteiger charge is 2.42. The van der Waals surface area contributed by atoms with E-state index in [1.165, 1.54) is 34.5 Å². The van der Waals surface area contributed by atoms with Crippen molar-refractivity contribution in [2.24, 2.45) is 0 Å². The molecule has 0 fully saturated rings. The molecular formula is C22H32Si2. The summed E-state index contributed by atoms with van der Waals surface area (Å²) in [6.45, 7) is 14.8. The Morgan fingerprint density at radius 2 is 1.42 bits per heavy atom. The lowest BCUT2D eigenvalue weighted by atomic mass is 10.1. The summed E-state index contributed by atoms with van der Waals surface area (Å²) < 4.78 is 0. The summed E-state index contributed by atoms with van der Waals surface area (Å²) in [6.07, 6.45) is 0. The van der Waals surface area contributed by atoms with Crippen LogP contribution in [0.5, 0.6) is 0 Å². The van der Waals surface area contributed by atoms with Crippen LogP contribution >= 0.6 is 0 Å². The van der Waals surface area contributed by atoms with E-state index in [0.717, 1.165) is 0 Å². The van der Waals surface area contributed by atoms with Crippen molar-refractivity contribution in [3.8, 4) is 11.8 Å². The van der Waals surface area contributed by atoms with Crippen molar-refractivity contribution in [3.05, 3.63) is 48.0 Å². The van der Waals surface area contributed by atoms with Gasteiger partial charge >= 0.3 is 0 Å². The van der Waals surface area contributed by atoms with Crippen LogP contribution in [-0.4, -0.2) is 16.1 Å². The first kappa shape index (κ1) is 19.0. The molecule has 0 aromatic heterocycles. The third-order valence-corrected chi connectivity index (χ3v) is 17.6. The predicted octanol–water partition coefficient (Wildman–Crippen LogP) is 6.95. The Kier molecular flexibility index (Phi) is 6.12. The van der Waals surface area contributed by atoms with E-state index in [1.54, 1.807) is 0 Å². The van der Waals surface area contributed by atoms with Crippen molar-refractivity contribution >= 4 is 26.9 Å². The van der Waals surface area contributed by atoms with Crippen molar-refractivity contribution in [2.75, 3.05) is 0 Å². The van der Waals surface area contributed by atoms with Gasteiger partial charge in [0.05, 0.1) is 16.1 Å².